The Morgan fingerprint density at radius 1 is 1.43 bits per heavy atom. The van der Waals surface area contributed by atoms with Crippen LogP contribution in [-0.4, -0.2) is 6.04 Å². The highest BCUT2D eigenvalue weighted by Gasteiger charge is 2.22. The third-order valence-electron chi connectivity index (χ3n) is 2.72. The zero-order valence-corrected chi connectivity index (χ0v) is 9.43. The number of halogens is 1. The molecule has 76 valence electrons. The summed E-state index contributed by atoms with van der Waals surface area (Å²) in [7, 11) is 0. The smallest absolute Gasteiger partial charge is 0.0409 e. The molecule has 1 atom stereocenters. The fourth-order valence-corrected chi connectivity index (χ4v) is 2.33. The molecular weight excluding hydrogens is 194 g/mol. The van der Waals surface area contributed by atoms with Crippen LogP contribution in [0, 0.1) is 0 Å². The van der Waals surface area contributed by atoms with Gasteiger partial charge in [-0.15, -0.1) is 0 Å². The van der Waals surface area contributed by atoms with Gasteiger partial charge in [-0.3, -0.25) is 0 Å². The Kier molecular flexibility index (Phi) is 2.80. The molecule has 0 radical (unpaired) electrons. The van der Waals surface area contributed by atoms with Crippen molar-refractivity contribution >= 4 is 11.6 Å². The molecule has 1 aromatic carbocycles. The molecule has 14 heavy (non-hydrogen) atoms. The third-order valence-corrected chi connectivity index (χ3v) is 2.96. The summed E-state index contributed by atoms with van der Waals surface area (Å²) in [5, 5.41) is 4.41. The van der Waals surface area contributed by atoms with E-state index in [1.54, 1.807) is 0 Å². The van der Waals surface area contributed by atoms with E-state index in [0.29, 0.717) is 12.1 Å². The zero-order valence-electron chi connectivity index (χ0n) is 8.68. The minimum Gasteiger partial charge on any atom is -0.308 e. The van der Waals surface area contributed by atoms with Crippen LogP contribution in [0.15, 0.2) is 18.2 Å². The largest absolute Gasteiger partial charge is 0.308 e. The Labute approximate surface area is 90.5 Å². The number of fused-ring (bicyclic) bond motifs is 1. The molecular formula is C12H16ClN. The third kappa shape index (κ3) is 1.94. The second kappa shape index (κ2) is 3.92. The molecule has 0 saturated heterocycles. The summed E-state index contributed by atoms with van der Waals surface area (Å²) in [6.45, 7) is 4.37. The van der Waals surface area contributed by atoms with E-state index in [1.165, 1.54) is 24.0 Å². The molecule has 1 aliphatic rings. The fraction of sp³-hybridized carbons (Fsp3) is 0.500. The predicted octanol–water partition coefficient (Wildman–Crippen LogP) is 3.33. The van der Waals surface area contributed by atoms with Crippen molar-refractivity contribution in [3.05, 3.63) is 34.3 Å². The molecule has 1 aromatic rings. The van der Waals surface area contributed by atoms with Crippen molar-refractivity contribution in [3.8, 4) is 0 Å². The van der Waals surface area contributed by atoms with Gasteiger partial charge in [0.15, 0.2) is 0 Å². The summed E-state index contributed by atoms with van der Waals surface area (Å²) in [5.74, 6) is 0. The Morgan fingerprint density at radius 2 is 2.21 bits per heavy atom. The lowest BCUT2D eigenvalue weighted by Crippen LogP contribution is -2.26. The molecule has 0 bridgehead atoms. The first-order chi connectivity index (χ1) is 6.66. The van der Waals surface area contributed by atoms with Gasteiger partial charge >= 0.3 is 0 Å². The first kappa shape index (κ1) is 10.0. The van der Waals surface area contributed by atoms with Crippen molar-refractivity contribution in [3.63, 3.8) is 0 Å². The van der Waals surface area contributed by atoms with Gasteiger partial charge in [-0.05, 0) is 36.1 Å². The van der Waals surface area contributed by atoms with Crippen LogP contribution in [0.25, 0.3) is 0 Å². The van der Waals surface area contributed by atoms with Gasteiger partial charge in [0.25, 0.3) is 0 Å². The van der Waals surface area contributed by atoms with Crippen LogP contribution in [-0.2, 0) is 6.42 Å². The highest BCUT2D eigenvalue weighted by molar-refractivity contribution is 6.30. The number of hydrogen-bond donors (Lipinski definition) is 1. The van der Waals surface area contributed by atoms with Gasteiger partial charge in [-0.1, -0.05) is 31.5 Å². The highest BCUT2D eigenvalue weighted by Crippen LogP contribution is 2.33. The number of hydrogen-bond acceptors (Lipinski definition) is 1. The average Bonchev–Trinajstić information content (AvgIpc) is 2.47. The number of nitrogens with one attached hydrogen (secondary N) is 1. The van der Waals surface area contributed by atoms with E-state index < -0.39 is 0 Å². The highest BCUT2D eigenvalue weighted by atomic mass is 35.5. The van der Waals surface area contributed by atoms with E-state index in [0.717, 1.165) is 5.02 Å². The van der Waals surface area contributed by atoms with E-state index >= 15 is 0 Å². The molecule has 1 nitrogen and oxygen atoms in total. The maximum absolute atomic E-state index is 6.00. The zero-order chi connectivity index (χ0) is 10.1. The van der Waals surface area contributed by atoms with E-state index in [1.807, 2.05) is 6.07 Å². The van der Waals surface area contributed by atoms with Gasteiger partial charge in [0.1, 0.15) is 0 Å². The summed E-state index contributed by atoms with van der Waals surface area (Å²) in [4.78, 5) is 0. The maximum atomic E-state index is 6.00. The molecule has 0 aliphatic heterocycles. The number of benzene rings is 1. The molecule has 1 N–H and O–H groups in total. The van der Waals surface area contributed by atoms with Crippen LogP contribution in [0.2, 0.25) is 5.02 Å². The van der Waals surface area contributed by atoms with E-state index in [-0.39, 0.29) is 0 Å². The molecule has 0 aromatic heterocycles. The van der Waals surface area contributed by atoms with Crippen LogP contribution < -0.4 is 5.32 Å². The van der Waals surface area contributed by atoms with Crippen LogP contribution in [0.4, 0.5) is 0 Å². The topological polar surface area (TPSA) is 12.0 Å². The summed E-state index contributed by atoms with van der Waals surface area (Å²) in [6.07, 6.45) is 2.38. The molecule has 0 amide bonds. The Balaban J connectivity index is 2.24. The molecule has 1 unspecified atom stereocenters. The quantitative estimate of drug-likeness (QED) is 0.788. The first-order valence-corrected chi connectivity index (χ1v) is 5.59. The number of rotatable bonds is 2. The SMILES string of the molecule is CC(C)NC1CCc2ccc(Cl)cc21. The lowest BCUT2D eigenvalue weighted by Gasteiger charge is -2.17. The predicted molar refractivity (Wildman–Crippen MR) is 60.8 cm³/mol. The van der Waals surface area contributed by atoms with Gasteiger partial charge in [0.2, 0.25) is 0 Å². The Hall–Kier alpha value is -0.530. The molecule has 2 heteroatoms. The summed E-state index contributed by atoms with van der Waals surface area (Å²) in [5.41, 5.74) is 2.85. The second-order valence-corrected chi connectivity index (χ2v) is 4.69. The van der Waals surface area contributed by atoms with Crippen LogP contribution >= 0.6 is 11.6 Å². The van der Waals surface area contributed by atoms with Gasteiger partial charge in [0, 0.05) is 17.1 Å². The second-order valence-electron chi connectivity index (χ2n) is 4.26. The van der Waals surface area contributed by atoms with Gasteiger partial charge < -0.3 is 5.32 Å². The standard InChI is InChI=1S/C12H16ClN/c1-8(2)14-12-6-4-9-3-5-10(13)7-11(9)12/h3,5,7-8,12,14H,4,6H2,1-2H3. The van der Waals surface area contributed by atoms with Crippen molar-refractivity contribution in [2.45, 2.75) is 38.8 Å². The maximum Gasteiger partial charge on any atom is 0.0409 e. The minimum absolute atomic E-state index is 0.503. The van der Waals surface area contributed by atoms with E-state index in [9.17, 15) is 0 Å². The van der Waals surface area contributed by atoms with E-state index in [4.69, 9.17) is 11.6 Å². The summed E-state index contributed by atoms with van der Waals surface area (Å²) < 4.78 is 0. The lowest BCUT2D eigenvalue weighted by atomic mass is 10.1. The van der Waals surface area contributed by atoms with Crippen molar-refractivity contribution in [2.24, 2.45) is 0 Å². The normalized spacial score (nSPS) is 20.1. The minimum atomic E-state index is 0.503. The lowest BCUT2D eigenvalue weighted by molar-refractivity contribution is 0.475. The molecule has 2 rings (SSSR count). The average molecular weight is 210 g/mol. The summed E-state index contributed by atoms with van der Waals surface area (Å²) >= 11 is 6.00. The first-order valence-electron chi connectivity index (χ1n) is 5.21. The Bertz CT molecular complexity index is 333. The van der Waals surface area contributed by atoms with Crippen LogP contribution in [0.1, 0.15) is 37.4 Å². The monoisotopic (exact) mass is 209 g/mol. The van der Waals surface area contributed by atoms with Crippen LogP contribution in [0.3, 0.4) is 0 Å². The van der Waals surface area contributed by atoms with Crippen molar-refractivity contribution in [1.29, 1.82) is 0 Å². The van der Waals surface area contributed by atoms with Gasteiger partial charge in [-0.25, -0.2) is 0 Å². The Morgan fingerprint density at radius 3 is 2.93 bits per heavy atom. The van der Waals surface area contributed by atoms with Gasteiger partial charge in [0.05, 0.1) is 0 Å². The molecule has 0 spiro atoms. The van der Waals surface area contributed by atoms with Crippen LogP contribution in [0.5, 0.6) is 0 Å². The van der Waals surface area contributed by atoms with Crippen molar-refractivity contribution in [1.82, 2.24) is 5.32 Å². The molecule has 0 heterocycles. The summed E-state index contributed by atoms with van der Waals surface area (Å²) in [6, 6.07) is 7.27. The van der Waals surface area contributed by atoms with Crippen molar-refractivity contribution < 1.29 is 0 Å². The fourth-order valence-electron chi connectivity index (χ4n) is 2.15. The van der Waals surface area contributed by atoms with Gasteiger partial charge in [-0.2, -0.15) is 0 Å². The molecule has 0 saturated carbocycles. The van der Waals surface area contributed by atoms with E-state index in [2.05, 4.69) is 31.3 Å². The number of aryl methyl sites for hydroxylation is 1. The van der Waals surface area contributed by atoms with Crippen molar-refractivity contribution in [2.75, 3.05) is 0 Å². The molecule has 0 fully saturated rings. The molecule has 1 aliphatic carbocycles.